The van der Waals surface area contributed by atoms with E-state index in [1.54, 1.807) is 6.21 Å². The van der Waals surface area contributed by atoms with Gasteiger partial charge < -0.3 is 0 Å². The minimum Gasteiger partial charge on any atom is -0.280 e. The number of H-pyrrole nitrogens is 1. The summed E-state index contributed by atoms with van der Waals surface area (Å²) in [4.78, 5) is 8.86. The smallest absolute Gasteiger partial charge is 0.177 e. The van der Waals surface area contributed by atoms with Gasteiger partial charge in [0.15, 0.2) is 5.82 Å². The number of nitrogens with zero attached hydrogens (tertiary/aromatic N) is 3. The summed E-state index contributed by atoms with van der Waals surface area (Å²) in [7, 11) is 0. The summed E-state index contributed by atoms with van der Waals surface area (Å²) in [5.74, 6) is 0.787. The molecule has 1 aliphatic rings. The first-order valence-corrected chi connectivity index (χ1v) is 5.53. The van der Waals surface area contributed by atoms with Gasteiger partial charge in [0, 0.05) is 17.7 Å². The van der Waals surface area contributed by atoms with Gasteiger partial charge in [-0.05, 0) is 19.1 Å². The van der Waals surface area contributed by atoms with Gasteiger partial charge in [0.25, 0.3) is 0 Å². The molecule has 0 amide bonds. The molecule has 4 heteroatoms. The Balaban J connectivity index is 1.94. The summed E-state index contributed by atoms with van der Waals surface area (Å²) in [6.07, 6.45) is 2.58. The second kappa shape index (κ2) is 3.97. The normalized spacial score (nSPS) is 16.2. The summed E-state index contributed by atoms with van der Waals surface area (Å²) in [6.45, 7) is 2.01. The summed E-state index contributed by atoms with van der Waals surface area (Å²) in [6, 6.07) is 9.91. The van der Waals surface area contributed by atoms with Crippen molar-refractivity contribution in [3.8, 4) is 0 Å². The first-order chi connectivity index (χ1) is 8.33. The quantitative estimate of drug-likeness (QED) is 0.795. The number of aromatic nitrogens is 2. The maximum Gasteiger partial charge on any atom is 0.177 e. The van der Waals surface area contributed by atoms with E-state index >= 15 is 0 Å². The lowest BCUT2D eigenvalue weighted by molar-refractivity contribution is 1.04. The molecule has 2 aromatic rings. The van der Waals surface area contributed by atoms with Crippen LogP contribution in [-0.2, 0) is 6.42 Å². The van der Waals surface area contributed by atoms with Crippen LogP contribution in [0.15, 0.2) is 40.3 Å². The van der Waals surface area contributed by atoms with Crippen LogP contribution in [0, 0.1) is 6.92 Å². The number of fused-ring (bicyclic) bond motifs is 1. The van der Waals surface area contributed by atoms with Gasteiger partial charge in [-0.2, -0.15) is 5.10 Å². The first-order valence-electron chi connectivity index (χ1n) is 5.53. The maximum absolute atomic E-state index is 4.56. The van der Waals surface area contributed by atoms with Crippen molar-refractivity contribution in [3.05, 3.63) is 41.6 Å². The van der Waals surface area contributed by atoms with E-state index in [0.717, 1.165) is 34.9 Å². The highest BCUT2D eigenvalue weighted by Crippen LogP contribution is 2.23. The molecule has 0 spiro atoms. The van der Waals surface area contributed by atoms with E-state index in [4.69, 9.17) is 0 Å². The number of aryl methyl sites for hydroxylation is 1. The summed E-state index contributed by atoms with van der Waals surface area (Å²) < 4.78 is 0. The number of rotatable bonds is 1. The lowest BCUT2D eigenvalue weighted by Gasteiger charge is -2.06. The molecule has 3 rings (SSSR count). The Labute approximate surface area is 99.1 Å². The van der Waals surface area contributed by atoms with Gasteiger partial charge >= 0.3 is 0 Å². The summed E-state index contributed by atoms with van der Waals surface area (Å²) in [5.41, 5.74) is 4.13. The predicted octanol–water partition coefficient (Wildman–Crippen LogP) is 2.75. The third kappa shape index (κ3) is 1.89. The van der Waals surface area contributed by atoms with Crippen molar-refractivity contribution in [1.29, 1.82) is 0 Å². The molecule has 2 heterocycles. The summed E-state index contributed by atoms with van der Waals surface area (Å²) in [5, 5.41) is 7.06. The molecule has 0 aliphatic carbocycles. The van der Waals surface area contributed by atoms with E-state index in [1.165, 1.54) is 0 Å². The minimum atomic E-state index is 0.787. The highest BCUT2D eigenvalue weighted by molar-refractivity contribution is 6.33. The predicted molar refractivity (Wildman–Crippen MR) is 68.7 cm³/mol. The fourth-order valence-corrected chi connectivity index (χ4v) is 1.86. The Bertz CT molecular complexity index is 593. The van der Waals surface area contributed by atoms with Crippen LogP contribution < -0.4 is 0 Å². The van der Waals surface area contributed by atoms with Crippen molar-refractivity contribution < 1.29 is 0 Å². The standard InChI is InChI=1S/C13H12N4/c1-9-12-7-11(8-14-13(12)17-16-9)15-10-5-3-2-4-6-10/h2-6,8H,7H2,1H3,(H,16,17). The van der Waals surface area contributed by atoms with Crippen molar-refractivity contribution in [2.45, 2.75) is 13.3 Å². The van der Waals surface area contributed by atoms with E-state index in [2.05, 4.69) is 20.2 Å². The molecule has 4 nitrogen and oxygen atoms in total. The number of aliphatic imine (C=N–C) groups is 2. The van der Waals surface area contributed by atoms with Crippen molar-refractivity contribution in [2.75, 3.05) is 0 Å². The van der Waals surface area contributed by atoms with E-state index in [-0.39, 0.29) is 0 Å². The minimum absolute atomic E-state index is 0.787. The molecule has 0 unspecified atom stereocenters. The third-order valence-corrected chi connectivity index (χ3v) is 2.77. The molecule has 1 aromatic carbocycles. The topological polar surface area (TPSA) is 53.4 Å². The van der Waals surface area contributed by atoms with Gasteiger partial charge in [-0.3, -0.25) is 10.1 Å². The number of hydrogen-bond donors (Lipinski definition) is 1. The Kier molecular flexibility index (Phi) is 2.33. The van der Waals surface area contributed by atoms with Crippen molar-refractivity contribution in [2.24, 2.45) is 9.98 Å². The van der Waals surface area contributed by atoms with Crippen LogP contribution in [0.2, 0.25) is 0 Å². The van der Waals surface area contributed by atoms with Crippen molar-refractivity contribution >= 4 is 23.4 Å². The van der Waals surface area contributed by atoms with Crippen LogP contribution >= 0.6 is 0 Å². The van der Waals surface area contributed by atoms with E-state index < -0.39 is 0 Å². The van der Waals surface area contributed by atoms with Crippen LogP contribution in [0.25, 0.3) is 0 Å². The van der Waals surface area contributed by atoms with Gasteiger partial charge in [0.1, 0.15) is 0 Å². The summed E-state index contributed by atoms with van der Waals surface area (Å²) >= 11 is 0. The zero-order chi connectivity index (χ0) is 11.7. The number of para-hydroxylation sites is 1. The average molecular weight is 224 g/mol. The van der Waals surface area contributed by atoms with Crippen LogP contribution in [0.5, 0.6) is 0 Å². The van der Waals surface area contributed by atoms with Crippen molar-refractivity contribution in [3.63, 3.8) is 0 Å². The highest BCUT2D eigenvalue weighted by Gasteiger charge is 2.15. The molecule has 0 radical (unpaired) electrons. The Hall–Kier alpha value is -2.23. The van der Waals surface area contributed by atoms with E-state index in [0.29, 0.717) is 0 Å². The van der Waals surface area contributed by atoms with Crippen LogP contribution in [0.3, 0.4) is 0 Å². The SMILES string of the molecule is Cc1[nH]nc2c1CC(=Nc1ccccc1)C=N2. The molecule has 84 valence electrons. The van der Waals surface area contributed by atoms with E-state index in [9.17, 15) is 0 Å². The Morgan fingerprint density at radius 2 is 2.06 bits per heavy atom. The van der Waals surface area contributed by atoms with Crippen LogP contribution in [0.4, 0.5) is 11.5 Å². The number of aromatic amines is 1. The molecule has 0 fully saturated rings. The molecular weight excluding hydrogens is 212 g/mol. The number of benzene rings is 1. The second-order valence-electron chi connectivity index (χ2n) is 4.02. The second-order valence-corrected chi connectivity index (χ2v) is 4.02. The fourth-order valence-electron chi connectivity index (χ4n) is 1.86. The fraction of sp³-hybridized carbons (Fsp3) is 0.154. The van der Waals surface area contributed by atoms with Gasteiger partial charge in [-0.1, -0.05) is 18.2 Å². The molecule has 1 aromatic heterocycles. The van der Waals surface area contributed by atoms with Gasteiger partial charge in [-0.15, -0.1) is 0 Å². The monoisotopic (exact) mass is 224 g/mol. The third-order valence-electron chi connectivity index (χ3n) is 2.77. The molecule has 17 heavy (non-hydrogen) atoms. The molecule has 0 saturated carbocycles. The number of hydrogen-bond acceptors (Lipinski definition) is 3. The largest absolute Gasteiger partial charge is 0.280 e. The van der Waals surface area contributed by atoms with Gasteiger partial charge in [-0.25, -0.2) is 4.99 Å². The molecule has 1 aliphatic heterocycles. The first kappa shape index (κ1) is 9.96. The Morgan fingerprint density at radius 1 is 1.24 bits per heavy atom. The lowest BCUT2D eigenvalue weighted by Crippen LogP contribution is -2.08. The highest BCUT2D eigenvalue weighted by atomic mass is 15.2. The Morgan fingerprint density at radius 3 is 2.88 bits per heavy atom. The maximum atomic E-state index is 4.56. The zero-order valence-corrected chi connectivity index (χ0v) is 9.51. The van der Waals surface area contributed by atoms with E-state index in [1.807, 2.05) is 37.3 Å². The molecule has 1 N–H and O–H groups in total. The van der Waals surface area contributed by atoms with Crippen molar-refractivity contribution in [1.82, 2.24) is 10.2 Å². The van der Waals surface area contributed by atoms with Crippen LogP contribution in [0.1, 0.15) is 11.3 Å². The molecule has 0 bridgehead atoms. The number of nitrogens with one attached hydrogen (secondary N) is 1. The van der Waals surface area contributed by atoms with Crippen LogP contribution in [-0.4, -0.2) is 22.1 Å². The lowest BCUT2D eigenvalue weighted by atomic mass is 10.1. The molecular formula is C13H12N4. The molecule has 0 atom stereocenters. The average Bonchev–Trinajstić information content (AvgIpc) is 2.73. The van der Waals surface area contributed by atoms with Gasteiger partial charge in [0.05, 0.1) is 17.6 Å². The zero-order valence-electron chi connectivity index (χ0n) is 9.51. The van der Waals surface area contributed by atoms with Gasteiger partial charge in [0.2, 0.25) is 0 Å². The molecule has 0 saturated heterocycles.